The topological polar surface area (TPSA) is 0 Å². The smallest absolute Gasteiger partial charge is 0.214 e. The van der Waals surface area contributed by atoms with Crippen LogP contribution in [0.4, 0.5) is 0 Å². The summed E-state index contributed by atoms with van der Waals surface area (Å²) in [5, 5.41) is 0. The summed E-state index contributed by atoms with van der Waals surface area (Å²) in [5.74, 6) is 0. The molecule has 0 aliphatic rings. The SMILES string of the molecule is C(=C=C=C[c-]1cccc1)=C=C[c-]1cccc1.[Fe+2].[Fe+2].c1cc[cH-]c1.c1cc[cH-]c1. The first-order valence-corrected chi connectivity index (χ1v) is 8.39. The minimum Gasteiger partial charge on any atom is -0.214 e. The van der Waals surface area contributed by atoms with E-state index in [0.717, 1.165) is 11.1 Å². The van der Waals surface area contributed by atoms with E-state index in [2.05, 4.69) is 22.9 Å². The van der Waals surface area contributed by atoms with Gasteiger partial charge in [0.05, 0.1) is 0 Å². The first-order chi connectivity index (χ1) is 12.9. The third kappa shape index (κ3) is 12.6. The zero-order chi connectivity index (χ0) is 18.1. The molecule has 0 saturated heterocycles. The molecule has 0 fully saturated rings. The van der Waals surface area contributed by atoms with Crippen molar-refractivity contribution in [1.82, 2.24) is 0 Å². The van der Waals surface area contributed by atoms with Crippen LogP contribution in [0.2, 0.25) is 0 Å². The van der Waals surface area contributed by atoms with Gasteiger partial charge in [0, 0.05) is 0 Å². The number of rotatable bonds is 2. The van der Waals surface area contributed by atoms with Crippen LogP contribution in [0.3, 0.4) is 0 Å². The van der Waals surface area contributed by atoms with E-state index < -0.39 is 0 Å². The Kier molecular flexibility index (Phi) is 16.0. The molecule has 0 aliphatic carbocycles. The number of hydrogen-bond donors (Lipinski definition) is 0. The molecule has 0 radical (unpaired) electrons. The van der Waals surface area contributed by atoms with Crippen LogP contribution in [-0.4, -0.2) is 0 Å². The van der Waals surface area contributed by atoms with Gasteiger partial charge in [-0.15, -0.1) is 35.4 Å². The Morgan fingerprint density at radius 2 is 0.821 bits per heavy atom. The van der Waals surface area contributed by atoms with Gasteiger partial charge < -0.3 is 0 Å². The van der Waals surface area contributed by atoms with Crippen molar-refractivity contribution in [3.8, 4) is 0 Å². The molecule has 0 spiro atoms. The normalized spacial score (nSPS) is 7.57. The summed E-state index contributed by atoms with van der Waals surface area (Å²) in [7, 11) is 0. The van der Waals surface area contributed by atoms with Crippen LogP contribution in [0.1, 0.15) is 11.1 Å². The average molecular weight is 444 g/mol. The van der Waals surface area contributed by atoms with Gasteiger partial charge >= 0.3 is 34.1 Å². The molecule has 0 amide bonds. The predicted octanol–water partition coefficient (Wildman–Crippen LogP) is 6.72. The van der Waals surface area contributed by atoms with E-state index >= 15 is 0 Å². The molecule has 0 heterocycles. The molecule has 140 valence electrons. The molecule has 4 aromatic carbocycles. The van der Waals surface area contributed by atoms with E-state index in [1.807, 2.05) is 121 Å². The van der Waals surface area contributed by atoms with Crippen LogP contribution in [0, 0.1) is 0 Å². The summed E-state index contributed by atoms with van der Waals surface area (Å²) >= 11 is 0. The fraction of sp³-hybridized carbons (Fsp3) is 0. The maximum Gasteiger partial charge on any atom is 2.00 e. The third-order valence-electron chi connectivity index (χ3n) is 3.17. The van der Waals surface area contributed by atoms with Crippen molar-refractivity contribution in [2.24, 2.45) is 0 Å². The van der Waals surface area contributed by atoms with E-state index in [4.69, 9.17) is 0 Å². The van der Waals surface area contributed by atoms with Gasteiger partial charge in [0.2, 0.25) is 0 Å². The second-order valence-electron chi connectivity index (χ2n) is 5.19. The van der Waals surface area contributed by atoms with Crippen LogP contribution >= 0.6 is 0 Å². The van der Waals surface area contributed by atoms with Crippen LogP contribution in [0.5, 0.6) is 0 Å². The van der Waals surface area contributed by atoms with Crippen molar-refractivity contribution in [3.05, 3.63) is 143 Å². The van der Waals surface area contributed by atoms with Crippen molar-refractivity contribution in [1.29, 1.82) is 0 Å². The molecule has 0 aliphatic heterocycles. The Bertz CT molecular complexity index is 824. The fourth-order valence-electron chi connectivity index (χ4n) is 1.92. The summed E-state index contributed by atoms with van der Waals surface area (Å²) in [6.07, 6.45) is 3.72. The first kappa shape index (κ1) is 25.3. The first-order valence-electron chi connectivity index (χ1n) is 8.39. The molecule has 2 heteroatoms. The van der Waals surface area contributed by atoms with Crippen molar-refractivity contribution in [2.45, 2.75) is 0 Å². The van der Waals surface area contributed by atoms with Gasteiger partial charge in [-0.25, -0.2) is 24.3 Å². The zero-order valence-corrected chi connectivity index (χ0v) is 17.5. The van der Waals surface area contributed by atoms with Gasteiger partial charge in [-0.2, -0.15) is 72.1 Å². The quantitative estimate of drug-likeness (QED) is 0.183. The van der Waals surface area contributed by atoms with Crippen molar-refractivity contribution >= 4 is 12.2 Å². The van der Waals surface area contributed by atoms with Crippen molar-refractivity contribution in [2.75, 3.05) is 0 Å². The standard InChI is InChI=1S/C16H10.2C5H5.2Fe/c1(3-9-15-11-5-6-12-15)2-4-10-16-13-7-8-14-16;2*1-2-4-5-3-1;;/h5-14H;2*1-5H;;/q-2;2*-1;2*+2. The van der Waals surface area contributed by atoms with Crippen LogP contribution in [0.25, 0.3) is 12.2 Å². The van der Waals surface area contributed by atoms with Gasteiger partial charge in [-0.3, -0.25) is 0 Å². The van der Waals surface area contributed by atoms with Crippen LogP contribution < -0.4 is 0 Å². The Morgan fingerprint density at radius 3 is 1.07 bits per heavy atom. The average Bonchev–Trinajstić information content (AvgIpc) is 3.48. The molecule has 0 bridgehead atoms. The minimum atomic E-state index is 0. The molecule has 0 saturated carbocycles. The second kappa shape index (κ2) is 17.7. The molecule has 0 N–H and O–H groups in total. The maximum atomic E-state index is 2.90. The molecular formula is C26H20Fe2. The molecule has 0 unspecified atom stereocenters. The van der Waals surface area contributed by atoms with Gasteiger partial charge in [0.15, 0.2) is 0 Å². The molecular weight excluding hydrogens is 424 g/mol. The Morgan fingerprint density at radius 1 is 0.500 bits per heavy atom. The van der Waals surface area contributed by atoms with Gasteiger partial charge in [0.25, 0.3) is 0 Å². The Hall–Kier alpha value is -2.70. The molecule has 0 nitrogen and oxygen atoms in total. The largest absolute Gasteiger partial charge is 2.00 e. The molecule has 0 atom stereocenters. The van der Waals surface area contributed by atoms with Gasteiger partial charge in [0.1, 0.15) is 0 Å². The van der Waals surface area contributed by atoms with E-state index in [1.165, 1.54) is 0 Å². The molecule has 4 aromatic rings. The van der Waals surface area contributed by atoms with Crippen molar-refractivity contribution in [3.63, 3.8) is 0 Å². The van der Waals surface area contributed by atoms with Gasteiger partial charge in [-0.1, -0.05) is 23.6 Å². The zero-order valence-electron chi connectivity index (χ0n) is 15.3. The summed E-state index contributed by atoms with van der Waals surface area (Å²) in [6.45, 7) is 0. The fourth-order valence-corrected chi connectivity index (χ4v) is 1.92. The summed E-state index contributed by atoms with van der Waals surface area (Å²) < 4.78 is 0. The molecule has 4 rings (SSSR count). The third-order valence-corrected chi connectivity index (χ3v) is 3.17. The number of hydrogen-bond acceptors (Lipinski definition) is 0. The maximum absolute atomic E-state index is 2.90. The Labute approximate surface area is 189 Å². The molecule has 28 heavy (non-hydrogen) atoms. The van der Waals surface area contributed by atoms with E-state index in [9.17, 15) is 0 Å². The minimum absolute atomic E-state index is 0. The van der Waals surface area contributed by atoms with Crippen LogP contribution in [-0.2, 0) is 34.1 Å². The predicted molar refractivity (Wildman–Crippen MR) is 111 cm³/mol. The summed E-state index contributed by atoms with van der Waals surface area (Å²) in [6, 6.07) is 36.0. The summed E-state index contributed by atoms with van der Waals surface area (Å²) in [4.78, 5) is 0. The van der Waals surface area contributed by atoms with Crippen molar-refractivity contribution < 1.29 is 34.1 Å². The Balaban J connectivity index is 0.000000500. The second-order valence-corrected chi connectivity index (χ2v) is 5.19. The monoisotopic (exact) mass is 444 g/mol. The van der Waals surface area contributed by atoms with Crippen LogP contribution in [0.15, 0.2) is 132 Å². The van der Waals surface area contributed by atoms with E-state index in [-0.39, 0.29) is 34.1 Å². The molecule has 0 aromatic heterocycles. The van der Waals surface area contributed by atoms with E-state index in [0.29, 0.717) is 0 Å². The van der Waals surface area contributed by atoms with E-state index in [1.54, 1.807) is 0 Å². The van der Waals surface area contributed by atoms with Gasteiger partial charge in [-0.05, 0) is 0 Å². The summed E-state index contributed by atoms with van der Waals surface area (Å²) in [5.41, 5.74) is 13.6.